The molecule has 23 heavy (non-hydrogen) atoms. The highest BCUT2D eigenvalue weighted by molar-refractivity contribution is 7.91. The number of benzene rings is 1. The van der Waals surface area contributed by atoms with Gasteiger partial charge in [0.05, 0.1) is 22.9 Å². The molecule has 0 unspecified atom stereocenters. The normalized spacial score (nSPS) is 14.5. The summed E-state index contributed by atoms with van der Waals surface area (Å²) in [6.07, 6.45) is 5.38. The molecule has 5 nitrogen and oxygen atoms in total. The van der Waals surface area contributed by atoms with Crippen molar-refractivity contribution in [2.45, 2.75) is 44.6 Å². The molecule has 6 heteroatoms. The third-order valence-electron chi connectivity index (χ3n) is 4.18. The second kappa shape index (κ2) is 6.35. The Balaban J connectivity index is 2.06. The smallest absolute Gasteiger partial charge is 0.178 e. The van der Waals surface area contributed by atoms with E-state index in [1.807, 2.05) is 19.2 Å². The van der Waals surface area contributed by atoms with E-state index < -0.39 is 9.84 Å². The fourth-order valence-electron chi connectivity index (χ4n) is 2.89. The minimum Gasteiger partial charge on any atom is -0.493 e. The second-order valence-corrected chi connectivity index (χ2v) is 7.97. The van der Waals surface area contributed by atoms with Crippen LogP contribution in [0.25, 0.3) is 11.3 Å². The van der Waals surface area contributed by atoms with E-state index in [0.29, 0.717) is 17.3 Å². The number of aromatic nitrogens is 2. The maximum absolute atomic E-state index is 12.1. The van der Waals surface area contributed by atoms with Gasteiger partial charge >= 0.3 is 0 Å². The molecule has 3 rings (SSSR count). The van der Waals surface area contributed by atoms with E-state index in [0.717, 1.165) is 30.0 Å². The van der Waals surface area contributed by atoms with Crippen LogP contribution in [0.15, 0.2) is 29.3 Å². The average molecular weight is 334 g/mol. The van der Waals surface area contributed by atoms with Crippen LogP contribution < -0.4 is 4.74 Å². The number of imidazole rings is 1. The first kappa shape index (κ1) is 16.1. The molecule has 0 amide bonds. The molecule has 2 heterocycles. The van der Waals surface area contributed by atoms with Crippen molar-refractivity contribution in [3.63, 3.8) is 0 Å². The van der Waals surface area contributed by atoms with Crippen LogP contribution >= 0.6 is 0 Å². The molecule has 0 saturated carbocycles. The Morgan fingerprint density at radius 2 is 2.09 bits per heavy atom. The predicted octanol–water partition coefficient (Wildman–Crippen LogP) is 3.08. The zero-order valence-electron chi connectivity index (χ0n) is 13.6. The fraction of sp³-hybridized carbons (Fsp3) is 0.471. The SMILES string of the molecule is CCOc1cc(S(=O)(=O)CC)ccc1-c1cn2c(n1)CCCC2. The number of hydrogen-bond acceptors (Lipinski definition) is 4. The van der Waals surface area contributed by atoms with Crippen LogP contribution in [0.3, 0.4) is 0 Å². The van der Waals surface area contributed by atoms with Gasteiger partial charge in [0.25, 0.3) is 0 Å². The Kier molecular flexibility index (Phi) is 4.43. The average Bonchev–Trinajstić information content (AvgIpc) is 2.99. The number of rotatable bonds is 5. The van der Waals surface area contributed by atoms with E-state index in [-0.39, 0.29) is 5.75 Å². The molecule has 1 aromatic carbocycles. The van der Waals surface area contributed by atoms with Gasteiger partial charge in [0.15, 0.2) is 9.84 Å². The Morgan fingerprint density at radius 1 is 1.26 bits per heavy atom. The molecule has 0 saturated heterocycles. The number of hydrogen-bond donors (Lipinski definition) is 0. The van der Waals surface area contributed by atoms with E-state index in [4.69, 9.17) is 9.72 Å². The summed E-state index contributed by atoms with van der Waals surface area (Å²) in [5.74, 6) is 1.76. The highest BCUT2D eigenvalue weighted by Gasteiger charge is 2.19. The third-order valence-corrected chi connectivity index (χ3v) is 5.91. The van der Waals surface area contributed by atoms with Gasteiger partial charge in [0.2, 0.25) is 0 Å². The van der Waals surface area contributed by atoms with Crippen molar-refractivity contribution in [3.05, 3.63) is 30.2 Å². The summed E-state index contributed by atoms with van der Waals surface area (Å²) < 4.78 is 32.1. The minimum atomic E-state index is -3.25. The van der Waals surface area contributed by atoms with Crippen LogP contribution in [0.5, 0.6) is 5.75 Å². The molecule has 0 atom stereocenters. The van der Waals surface area contributed by atoms with Crippen LogP contribution in [0, 0.1) is 0 Å². The molecule has 1 aromatic heterocycles. The Labute approximate surface area is 137 Å². The lowest BCUT2D eigenvalue weighted by molar-refractivity contribution is 0.340. The highest BCUT2D eigenvalue weighted by atomic mass is 32.2. The summed E-state index contributed by atoms with van der Waals surface area (Å²) in [7, 11) is -3.25. The number of sulfone groups is 1. The standard InChI is InChI=1S/C17H22N2O3S/c1-3-22-16-11-13(23(20,21)4-2)8-9-14(16)15-12-19-10-6-5-7-17(19)18-15/h8-9,11-12H,3-7,10H2,1-2H3. The summed E-state index contributed by atoms with van der Waals surface area (Å²) in [6, 6.07) is 5.08. The molecule has 0 spiro atoms. The lowest BCUT2D eigenvalue weighted by Crippen LogP contribution is -2.08. The van der Waals surface area contributed by atoms with Crippen molar-refractivity contribution in [2.75, 3.05) is 12.4 Å². The Morgan fingerprint density at radius 3 is 2.78 bits per heavy atom. The first-order chi connectivity index (χ1) is 11.0. The Hall–Kier alpha value is -1.82. The van der Waals surface area contributed by atoms with Gasteiger partial charge in [0, 0.05) is 24.7 Å². The molecule has 0 N–H and O–H groups in total. The number of fused-ring (bicyclic) bond motifs is 1. The van der Waals surface area contributed by atoms with Crippen LogP contribution in [0.4, 0.5) is 0 Å². The molecule has 1 aliphatic rings. The third kappa shape index (κ3) is 3.13. The van der Waals surface area contributed by atoms with Crippen molar-refractivity contribution in [1.82, 2.24) is 9.55 Å². The molecular weight excluding hydrogens is 312 g/mol. The summed E-state index contributed by atoms with van der Waals surface area (Å²) in [6.45, 7) is 5.01. The van der Waals surface area contributed by atoms with Crippen molar-refractivity contribution < 1.29 is 13.2 Å². The summed E-state index contributed by atoms with van der Waals surface area (Å²) >= 11 is 0. The van der Waals surface area contributed by atoms with Crippen LogP contribution in [0.1, 0.15) is 32.5 Å². The van der Waals surface area contributed by atoms with Crippen LogP contribution in [-0.2, 0) is 22.8 Å². The molecule has 0 radical (unpaired) electrons. The van der Waals surface area contributed by atoms with Crippen molar-refractivity contribution >= 4 is 9.84 Å². The zero-order chi connectivity index (χ0) is 16.4. The van der Waals surface area contributed by atoms with Gasteiger partial charge in [-0.1, -0.05) is 6.92 Å². The molecule has 1 aliphatic heterocycles. The van der Waals surface area contributed by atoms with E-state index in [9.17, 15) is 8.42 Å². The second-order valence-electron chi connectivity index (χ2n) is 5.69. The summed E-state index contributed by atoms with van der Waals surface area (Å²) in [4.78, 5) is 5.01. The molecule has 124 valence electrons. The van der Waals surface area contributed by atoms with E-state index in [1.165, 1.54) is 12.8 Å². The maximum atomic E-state index is 12.1. The molecule has 2 aromatic rings. The monoisotopic (exact) mass is 334 g/mol. The Bertz CT molecular complexity index is 786. The van der Waals surface area contributed by atoms with Crippen molar-refractivity contribution in [2.24, 2.45) is 0 Å². The predicted molar refractivity (Wildman–Crippen MR) is 89.5 cm³/mol. The fourth-order valence-corrected chi connectivity index (χ4v) is 3.79. The van der Waals surface area contributed by atoms with Gasteiger partial charge in [0.1, 0.15) is 11.6 Å². The van der Waals surface area contributed by atoms with Crippen molar-refractivity contribution in [3.8, 4) is 17.0 Å². The molecule has 0 aliphatic carbocycles. The molecular formula is C17H22N2O3S. The van der Waals surface area contributed by atoms with Gasteiger partial charge in [-0.25, -0.2) is 13.4 Å². The van der Waals surface area contributed by atoms with Crippen molar-refractivity contribution in [1.29, 1.82) is 0 Å². The lowest BCUT2D eigenvalue weighted by atomic mass is 10.1. The summed E-state index contributed by atoms with van der Waals surface area (Å²) in [5.41, 5.74) is 1.70. The molecule has 0 bridgehead atoms. The number of aryl methyl sites for hydroxylation is 2. The first-order valence-corrected chi connectivity index (χ1v) is 9.76. The topological polar surface area (TPSA) is 61.2 Å². The van der Waals surface area contributed by atoms with E-state index in [2.05, 4.69) is 4.57 Å². The van der Waals surface area contributed by atoms with E-state index in [1.54, 1.807) is 19.1 Å². The number of nitrogens with zero attached hydrogens (tertiary/aromatic N) is 2. The van der Waals surface area contributed by atoms with Gasteiger partial charge in [-0.2, -0.15) is 0 Å². The van der Waals surface area contributed by atoms with Crippen LogP contribution in [-0.4, -0.2) is 30.3 Å². The maximum Gasteiger partial charge on any atom is 0.178 e. The largest absolute Gasteiger partial charge is 0.493 e. The van der Waals surface area contributed by atoms with Crippen LogP contribution in [0.2, 0.25) is 0 Å². The quantitative estimate of drug-likeness (QED) is 0.843. The van der Waals surface area contributed by atoms with Gasteiger partial charge < -0.3 is 9.30 Å². The zero-order valence-corrected chi connectivity index (χ0v) is 14.4. The summed E-state index contributed by atoms with van der Waals surface area (Å²) in [5, 5.41) is 0. The minimum absolute atomic E-state index is 0.0800. The first-order valence-electron chi connectivity index (χ1n) is 8.11. The number of ether oxygens (including phenoxy) is 1. The van der Waals surface area contributed by atoms with Gasteiger partial charge in [-0.15, -0.1) is 0 Å². The van der Waals surface area contributed by atoms with Gasteiger partial charge in [-0.05, 0) is 38.0 Å². The lowest BCUT2D eigenvalue weighted by Gasteiger charge is -2.11. The van der Waals surface area contributed by atoms with Gasteiger partial charge in [-0.3, -0.25) is 0 Å². The highest BCUT2D eigenvalue weighted by Crippen LogP contribution is 2.33. The molecule has 0 fully saturated rings. The van der Waals surface area contributed by atoms with E-state index >= 15 is 0 Å².